The van der Waals surface area contributed by atoms with Gasteiger partial charge in [0.2, 0.25) is 0 Å². The van der Waals surface area contributed by atoms with E-state index in [9.17, 15) is 0 Å². The molecule has 0 heterocycles. The predicted molar refractivity (Wildman–Crippen MR) is 84.3 cm³/mol. The van der Waals surface area contributed by atoms with E-state index in [4.69, 9.17) is 10.5 Å². The van der Waals surface area contributed by atoms with Gasteiger partial charge >= 0.3 is 0 Å². The number of ether oxygens (including phenoxy) is 1. The van der Waals surface area contributed by atoms with Gasteiger partial charge in [-0.15, -0.1) is 0 Å². The molecule has 1 atom stereocenters. The van der Waals surface area contributed by atoms with Crippen LogP contribution in [0.3, 0.4) is 0 Å². The SMILES string of the molecule is COc1cccc(N(C)CCC(N)c2ccccc2)c1. The Morgan fingerprint density at radius 2 is 1.85 bits per heavy atom. The van der Waals surface area contributed by atoms with Crippen molar-refractivity contribution in [3.8, 4) is 5.75 Å². The summed E-state index contributed by atoms with van der Waals surface area (Å²) in [5.74, 6) is 0.877. The molecule has 1 unspecified atom stereocenters. The first-order valence-corrected chi connectivity index (χ1v) is 6.86. The van der Waals surface area contributed by atoms with E-state index in [0.29, 0.717) is 0 Å². The number of nitrogens with two attached hydrogens (primary N) is 1. The molecule has 0 amide bonds. The van der Waals surface area contributed by atoms with Crippen LogP contribution in [0.5, 0.6) is 5.75 Å². The van der Waals surface area contributed by atoms with Crippen LogP contribution in [0.25, 0.3) is 0 Å². The number of methoxy groups -OCH3 is 1. The van der Waals surface area contributed by atoms with Crippen LogP contribution in [0.2, 0.25) is 0 Å². The Hall–Kier alpha value is -2.00. The molecule has 0 spiro atoms. The van der Waals surface area contributed by atoms with Crippen molar-refractivity contribution in [1.82, 2.24) is 0 Å². The molecule has 2 aromatic rings. The van der Waals surface area contributed by atoms with Gasteiger partial charge in [0.1, 0.15) is 5.75 Å². The number of hydrogen-bond acceptors (Lipinski definition) is 3. The fourth-order valence-corrected chi connectivity index (χ4v) is 2.18. The second-order valence-electron chi connectivity index (χ2n) is 4.93. The molecule has 0 aliphatic rings. The minimum atomic E-state index is 0.0734. The predicted octanol–water partition coefficient (Wildman–Crippen LogP) is 3.22. The first kappa shape index (κ1) is 14.4. The third-order valence-corrected chi connectivity index (χ3v) is 3.50. The van der Waals surface area contributed by atoms with Crippen LogP contribution in [0, 0.1) is 0 Å². The first-order valence-electron chi connectivity index (χ1n) is 6.86. The molecular weight excluding hydrogens is 248 g/mol. The summed E-state index contributed by atoms with van der Waals surface area (Å²) in [6, 6.07) is 18.4. The van der Waals surface area contributed by atoms with Crippen LogP contribution in [0.1, 0.15) is 18.0 Å². The van der Waals surface area contributed by atoms with Crippen LogP contribution >= 0.6 is 0 Å². The fraction of sp³-hybridized carbons (Fsp3) is 0.294. The molecule has 2 aromatic carbocycles. The highest BCUT2D eigenvalue weighted by Crippen LogP contribution is 2.21. The van der Waals surface area contributed by atoms with E-state index in [0.717, 1.165) is 24.4 Å². The molecule has 106 valence electrons. The zero-order chi connectivity index (χ0) is 14.4. The Balaban J connectivity index is 1.93. The van der Waals surface area contributed by atoms with Gasteiger partial charge < -0.3 is 15.4 Å². The molecule has 0 aliphatic heterocycles. The molecule has 2 rings (SSSR count). The number of anilines is 1. The van der Waals surface area contributed by atoms with Crippen molar-refractivity contribution in [2.24, 2.45) is 5.73 Å². The maximum absolute atomic E-state index is 6.23. The second-order valence-corrected chi connectivity index (χ2v) is 4.93. The topological polar surface area (TPSA) is 38.5 Å². The molecule has 3 nitrogen and oxygen atoms in total. The maximum Gasteiger partial charge on any atom is 0.120 e. The molecule has 0 aliphatic carbocycles. The molecule has 0 saturated carbocycles. The van der Waals surface area contributed by atoms with Gasteiger partial charge in [0.05, 0.1) is 7.11 Å². The average Bonchev–Trinajstić information content (AvgIpc) is 2.53. The molecule has 2 N–H and O–H groups in total. The van der Waals surface area contributed by atoms with Crippen molar-refractivity contribution in [2.45, 2.75) is 12.5 Å². The Morgan fingerprint density at radius 3 is 2.55 bits per heavy atom. The average molecular weight is 270 g/mol. The zero-order valence-corrected chi connectivity index (χ0v) is 12.1. The quantitative estimate of drug-likeness (QED) is 0.876. The highest BCUT2D eigenvalue weighted by atomic mass is 16.5. The summed E-state index contributed by atoms with van der Waals surface area (Å²) in [5, 5.41) is 0. The number of rotatable bonds is 6. The first-order chi connectivity index (χ1) is 9.70. The van der Waals surface area contributed by atoms with Crippen LogP contribution < -0.4 is 15.4 Å². The minimum absolute atomic E-state index is 0.0734. The second kappa shape index (κ2) is 6.96. The lowest BCUT2D eigenvalue weighted by Gasteiger charge is -2.22. The Bertz CT molecular complexity index is 528. The third kappa shape index (κ3) is 3.75. The summed E-state index contributed by atoms with van der Waals surface area (Å²) in [5.41, 5.74) is 8.56. The van der Waals surface area contributed by atoms with Gasteiger partial charge in [0.15, 0.2) is 0 Å². The summed E-state index contributed by atoms with van der Waals surface area (Å²) >= 11 is 0. The van der Waals surface area contributed by atoms with Gasteiger partial charge in [-0.2, -0.15) is 0 Å². The van der Waals surface area contributed by atoms with Crippen molar-refractivity contribution >= 4 is 5.69 Å². The summed E-state index contributed by atoms with van der Waals surface area (Å²) in [7, 11) is 3.76. The van der Waals surface area contributed by atoms with E-state index in [-0.39, 0.29) is 6.04 Å². The number of hydrogen-bond donors (Lipinski definition) is 1. The van der Waals surface area contributed by atoms with Gasteiger partial charge in [-0.25, -0.2) is 0 Å². The van der Waals surface area contributed by atoms with Crippen molar-refractivity contribution in [3.05, 3.63) is 60.2 Å². The lowest BCUT2D eigenvalue weighted by Crippen LogP contribution is -2.23. The van der Waals surface area contributed by atoms with Crippen LogP contribution in [0.4, 0.5) is 5.69 Å². The molecule has 0 saturated heterocycles. The summed E-state index contributed by atoms with van der Waals surface area (Å²) in [6.45, 7) is 0.906. The molecule has 20 heavy (non-hydrogen) atoms. The highest BCUT2D eigenvalue weighted by molar-refractivity contribution is 5.50. The minimum Gasteiger partial charge on any atom is -0.497 e. The van der Waals surface area contributed by atoms with E-state index in [1.165, 1.54) is 5.56 Å². The van der Waals surface area contributed by atoms with Crippen molar-refractivity contribution in [3.63, 3.8) is 0 Å². The lowest BCUT2D eigenvalue weighted by molar-refractivity contribution is 0.415. The smallest absolute Gasteiger partial charge is 0.120 e. The van der Waals surface area contributed by atoms with Crippen molar-refractivity contribution < 1.29 is 4.74 Å². The van der Waals surface area contributed by atoms with E-state index in [2.05, 4.69) is 30.1 Å². The molecule has 0 fully saturated rings. The van der Waals surface area contributed by atoms with Gasteiger partial charge in [0, 0.05) is 31.4 Å². The van der Waals surface area contributed by atoms with Gasteiger partial charge in [0.25, 0.3) is 0 Å². The van der Waals surface area contributed by atoms with E-state index in [1.54, 1.807) is 7.11 Å². The zero-order valence-electron chi connectivity index (χ0n) is 12.1. The van der Waals surface area contributed by atoms with Crippen LogP contribution in [-0.2, 0) is 0 Å². The van der Waals surface area contributed by atoms with Crippen LogP contribution in [-0.4, -0.2) is 20.7 Å². The fourth-order valence-electron chi connectivity index (χ4n) is 2.18. The van der Waals surface area contributed by atoms with Gasteiger partial charge in [-0.1, -0.05) is 36.4 Å². The number of nitrogens with zero attached hydrogens (tertiary/aromatic N) is 1. The molecule has 3 heteroatoms. The lowest BCUT2D eigenvalue weighted by atomic mass is 10.0. The Morgan fingerprint density at radius 1 is 1.10 bits per heavy atom. The highest BCUT2D eigenvalue weighted by Gasteiger charge is 2.08. The summed E-state index contributed by atoms with van der Waals surface area (Å²) in [6.07, 6.45) is 0.914. The summed E-state index contributed by atoms with van der Waals surface area (Å²) < 4.78 is 5.25. The van der Waals surface area contributed by atoms with Gasteiger partial charge in [-0.05, 0) is 24.1 Å². The maximum atomic E-state index is 6.23. The Kier molecular flexibility index (Phi) is 5.02. The third-order valence-electron chi connectivity index (χ3n) is 3.50. The van der Waals surface area contributed by atoms with Gasteiger partial charge in [-0.3, -0.25) is 0 Å². The molecule has 0 bridgehead atoms. The number of benzene rings is 2. The molecular formula is C17H22N2O. The Labute approximate surface area is 121 Å². The standard InChI is InChI=1S/C17H22N2O/c1-19(15-9-6-10-16(13-15)20-2)12-11-17(18)14-7-4-3-5-8-14/h3-10,13,17H,11-12,18H2,1-2H3. The molecule has 0 aromatic heterocycles. The summed E-state index contributed by atoms with van der Waals surface area (Å²) in [4.78, 5) is 2.20. The van der Waals surface area contributed by atoms with E-state index < -0.39 is 0 Å². The van der Waals surface area contributed by atoms with E-state index in [1.807, 2.05) is 36.4 Å². The molecule has 0 radical (unpaired) electrons. The van der Waals surface area contributed by atoms with Crippen molar-refractivity contribution in [1.29, 1.82) is 0 Å². The van der Waals surface area contributed by atoms with Crippen LogP contribution in [0.15, 0.2) is 54.6 Å². The largest absolute Gasteiger partial charge is 0.497 e. The monoisotopic (exact) mass is 270 g/mol. The van der Waals surface area contributed by atoms with E-state index >= 15 is 0 Å². The normalized spacial score (nSPS) is 11.9. The van der Waals surface area contributed by atoms with Crippen molar-refractivity contribution in [2.75, 3.05) is 25.6 Å².